The van der Waals surface area contributed by atoms with E-state index in [1.165, 1.54) is 26.0 Å². The topological polar surface area (TPSA) is 130 Å². The minimum Gasteiger partial charge on any atom is -0.491 e. The minimum absolute atomic E-state index is 0.0299. The molecular formula is C28H27F3N2O8. The lowest BCUT2D eigenvalue weighted by Gasteiger charge is -2.33. The average molecular weight is 577 g/mol. The predicted octanol–water partition coefficient (Wildman–Crippen LogP) is 4.71. The number of nitro benzene ring substituents is 1. The molecule has 1 saturated heterocycles. The smallest absolute Gasteiger partial charge is 0.430 e. The van der Waals surface area contributed by atoms with E-state index < -0.39 is 46.3 Å². The Morgan fingerprint density at radius 2 is 1.88 bits per heavy atom. The summed E-state index contributed by atoms with van der Waals surface area (Å²) >= 11 is 0. The molecule has 218 valence electrons. The van der Waals surface area contributed by atoms with Gasteiger partial charge in [0.1, 0.15) is 30.1 Å². The van der Waals surface area contributed by atoms with Crippen molar-refractivity contribution in [3.05, 3.63) is 81.0 Å². The van der Waals surface area contributed by atoms with Crippen LogP contribution in [0.1, 0.15) is 30.9 Å². The number of aliphatic imine (C=N–C) groups is 1. The number of non-ortho nitro benzene ring substituents is 1. The van der Waals surface area contributed by atoms with Crippen LogP contribution in [-0.2, 0) is 30.2 Å². The van der Waals surface area contributed by atoms with E-state index in [1.807, 2.05) is 0 Å². The van der Waals surface area contributed by atoms with Gasteiger partial charge in [-0.3, -0.25) is 19.9 Å². The Labute approximate surface area is 232 Å². The van der Waals surface area contributed by atoms with Crippen LogP contribution in [0.25, 0.3) is 0 Å². The van der Waals surface area contributed by atoms with E-state index >= 15 is 0 Å². The summed E-state index contributed by atoms with van der Waals surface area (Å²) in [5.74, 6) is -5.42. The summed E-state index contributed by atoms with van der Waals surface area (Å²) in [7, 11) is 0. The molecule has 0 radical (unpaired) electrons. The molecule has 13 heteroatoms. The molecular weight excluding hydrogens is 549 g/mol. The van der Waals surface area contributed by atoms with Crippen molar-refractivity contribution in [1.82, 2.24) is 0 Å². The largest absolute Gasteiger partial charge is 0.491 e. The molecule has 1 fully saturated rings. The summed E-state index contributed by atoms with van der Waals surface area (Å²) in [5, 5.41) is 11.4. The molecule has 0 saturated carbocycles. The Morgan fingerprint density at radius 3 is 2.54 bits per heavy atom. The number of esters is 2. The maximum absolute atomic E-state index is 14.1. The van der Waals surface area contributed by atoms with Crippen LogP contribution in [0, 0.1) is 16.0 Å². The van der Waals surface area contributed by atoms with Crippen LogP contribution in [-0.4, -0.2) is 61.3 Å². The molecule has 4 rings (SSSR count). The molecule has 0 aliphatic carbocycles. The Bertz CT molecular complexity index is 1380. The fraction of sp³-hybridized carbons (Fsp3) is 0.393. The van der Waals surface area contributed by atoms with Crippen molar-refractivity contribution in [1.29, 1.82) is 0 Å². The third-order valence-corrected chi connectivity index (χ3v) is 6.51. The van der Waals surface area contributed by atoms with Gasteiger partial charge >= 0.3 is 18.1 Å². The fourth-order valence-electron chi connectivity index (χ4n) is 4.57. The van der Waals surface area contributed by atoms with Crippen LogP contribution in [0.5, 0.6) is 5.75 Å². The maximum Gasteiger partial charge on any atom is 0.430 e. The molecule has 10 nitrogen and oxygen atoms in total. The summed E-state index contributed by atoms with van der Waals surface area (Å²) in [6.07, 6.45) is -4.80. The van der Waals surface area contributed by atoms with E-state index in [-0.39, 0.29) is 42.6 Å². The molecule has 3 atom stereocenters. The molecule has 0 aromatic heterocycles. The minimum atomic E-state index is -5.05. The molecule has 0 spiro atoms. The van der Waals surface area contributed by atoms with Crippen LogP contribution in [0.4, 0.5) is 18.9 Å². The SMILES string of the molecule is CCOC(=O)C1C(C(F)(F)F)=NC(C)=C(C(=O)OCCc2ccccc2OCC2CO2)C1c1cccc([N+](=O)[O-])c1. The van der Waals surface area contributed by atoms with E-state index in [4.69, 9.17) is 18.9 Å². The number of ether oxygens (including phenoxy) is 4. The van der Waals surface area contributed by atoms with Gasteiger partial charge in [0.15, 0.2) is 0 Å². The second-order valence-electron chi connectivity index (χ2n) is 9.31. The number of hydrogen-bond donors (Lipinski definition) is 0. The van der Waals surface area contributed by atoms with Crippen molar-refractivity contribution in [2.45, 2.75) is 38.5 Å². The number of nitrogens with zero attached hydrogens (tertiary/aromatic N) is 2. The Balaban J connectivity index is 1.67. The lowest BCUT2D eigenvalue weighted by molar-refractivity contribution is -0.384. The van der Waals surface area contributed by atoms with E-state index in [9.17, 15) is 32.9 Å². The van der Waals surface area contributed by atoms with Gasteiger partial charge in [-0.05, 0) is 31.0 Å². The van der Waals surface area contributed by atoms with Gasteiger partial charge in [-0.1, -0.05) is 30.3 Å². The van der Waals surface area contributed by atoms with Gasteiger partial charge < -0.3 is 18.9 Å². The first-order valence-electron chi connectivity index (χ1n) is 12.8. The number of halogens is 3. The fourth-order valence-corrected chi connectivity index (χ4v) is 4.57. The quantitative estimate of drug-likeness (QED) is 0.163. The van der Waals surface area contributed by atoms with Crippen LogP contribution in [0.3, 0.4) is 0 Å². The summed E-state index contributed by atoms with van der Waals surface area (Å²) < 4.78 is 63.7. The van der Waals surface area contributed by atoms with E-state index in [0.29, 0.717) is 19.0 Å². The van der Waals surface area contributed by atoms with Crippen LogP contribution in [0.2, 0.25) is 0 Å². The highest BCUT2D eigenvalue weighted by atomic mass is 19.4. The second kappa shape index (κ2) is 12.5. The van der Waals surface area contributed by atoms with Crippen LogP contribution in [0.15, 0.2) is 64.8 Å². The van der Waals surface area contributed by atoms with Crippen LogP contribution < -0.4 is 4.74 Å². The van der Waals surface area contributed by atoms with Crippen molar-refractivity contribution in [3.8, 4) is 5.75 Å². The van der Waals surface area contributed by atoms with E-state index in [1.54, 1.807) is 24.3 Å². The van der Waals surface area contributed by atoms with Gasteiger partial charge in [0.05, 0.1) is 30.3 Å². The number of alkyl halides is 3. The third-order valence-electron chi connectivity index (χ3n) is 6.51. The highest BCUT2D eigenvalue weighted by Gasteiger charge is 2.53. The van der Waals surface area contributed by atoms with Crippen molar-refractivity contribution in [3.63, 3.8) is 0 Å². The molecule has 2 aromatic rings. The first-order chi connectivity index (χ1) is 19.5. The molecule has 0 amide bonds. The molecule has 0 N–H and O–H groups in total. The number of carbonyl (C=O) groups excluding carboxylic acids is 2. The number of hydrogen-bond acceptors (Lipinski definition) is 9. The Kier molecular flexibility index (Phi) is 9.06. The van der Waals surface area contributed by atoms with Gasteiger partial charge in [0.2, 0.25) is 0 Å². The summed E-state index contributed by atoms with van der Waals surface area (Å²) in [6, 6.07) is 11.8. The summed E-state index contributed by atoms with van der Waals surface area (Å²) in [4.78, 5) is 40.7. The zero-order valence-corrected chi connectivity index (χ0v) is 22.2. The molecule has 2 aliphatic rings. The number of para-hydroxylation sites is 1. The van der Waals surface area contributed by atoms with Gasteiger partial charge in [-0.2, -0.15) is 13.2 Å². The zero-order chi connectivity index (χ0) is 29.7. The number of carbonyl (C=O) groups is 2. The average Bonchev–Trinajstić information content (AvgIpc) is 3.76. The molecule has 41 heavy (non-hydrogen) atoms. The summed E-state index contributed by atoms with van der Waals surface area (Å²) in [6.45, 7) is 3.18. The van der Waals surface area contributed by atoms with Gasteiger partial charge in [-0.15, -0.1) is 0 Å². The highest BCUT2D eigenvalue weighted by molar-refractivity contribution is 6.10. The Hall–Kier alpha value is -4.26. The van der Waals surface area contributed by atoms with E-state index in [2.05, 4.69) is 4.99 Å². The van der Waals surface area contributed by atoms with Gasteiger partial charge in [0.25, 0.3) is 5.69 Å². The first-order valence-corrected chi connectivity index (χ1v) is 12.8. The maximum atomic E-state index is 14.1. The lowest BCUT2D eigenvalue weighted by atomic mass is 9.75. The number of epoxide rings is 1. The lowest BCUT2D eigenvalue weighted by Crippen LogP contribution is -2.44. The zero-order valence-electron chi connectivity index (χ0n) is 22.2. The normalized spacial score (nSPS) is 20.2. The van der Waals surface area contributed by atoms with Crippen molar-refractivity contribution >= 4 is 23.3 Å². The number of allylic oxidation sites excluding steroid dienone is 1. The molecule has 0 bridgehead atoms. The van der Waals surface area contributed by atoms with E-state index in [0.717, 1.165) is 17.7 Å². The molecule has 3 unspecified atom stereocenters. The predicted molar refractivity (Wildman–Crippen MR) is 138 cm³/mol. The van der Waals surface area contributed by atoms with Gasteiger partial charge in [-0.25, -0.2) is 4.79 Å². The van der Waals surface area contributed by atoms with Crippen molar-refractivity contribution in [2.75, 3.05) is 26.4 Å². The highest BCUT2D eigenvalue weighted by Crippen LogP contribution is 2.44. The number of rotatable bonds is 11. The van der Waals surface area contributed by atoms with Crippen molar-refractivity contribution in [2.24, 2.45) is 10.9 Å². The molecule has 2 aliphatic heterocycles. The monoisotopic (exact) mass is 576 g/mol. The number of benzene rings is 2. The standard InChI is InChI=1S/C28H27F3N2O8/c1-3-38-27(35)24-23(18-8-6-9-19(13-18)33(36)37)22(16(2)32-25(24)28(29,30)31)26(34)39-12-11-17-7-4-5-10-21(17)41-15-20-14-40-20/h4-10,13,20,23-24H,3,11-12,14-15H2,1-2H3. The van der Waals surface area contributed by atoms with Gasteiger partial charge in [0, 0.05) is 30.2 Å². The Morgan fingerprint density at radius 1 is 1.15 bits per heavy atom. The van der Waals surface area contributed by atoms with Crippen molar-refractivity contribution < 1.29 is 46.6 Å². The second-order valence-corrected chi connectivity index (χ2v) is 9.31. The molecule has 2 aromatic carbocycles. The molecule has 2 heterocycles. The summed E-state index contributed by atoms with van der Waals surface area (Å²) in [5.41, 5.74) is -1.89. The third kappa shape index (κ3) is 7.09. The number of nitro groups is 1. The van der Waals surface area contributed by atoms with Crippen LogP contribution >= 0.6 is 0 Å². The first kappa shape index (κ1) is 29.7.